The molecule has 1 N–H and O–H groups in total. The number of hydrogen-bond donors (Lipinski definition) is 1. The van der Waals surface area contributed by atoms with Crippen molar-refractivity contribution < 1.29 is 23.8 Å². The molecule has 5 aromatic rings. The van der Waals surface area contributed by atoms with Crippen LogP contribution in [0.1, 0.15) is 64.9 Å². The highest BCUT2D eigenvalue weighted by atomic mass is 16.7. The molecule has 0 fully saturated rings. The van der Waals surface area contributed by atoms with Gasteiger partial charge in [0.2, 0.25) is 12.7 Å². The summed E-state index contributed by atoms with van der Waals surface area (Å²) >= 11 is 0. The maximum Gasteiger partial charge on any atom is 0.338 e. The zero-order chi connectivity index (χ0) is 34.0. The number of nitrogens with one attached hydrogen (secondary N) is 1. The minimum Gasteiger partial charge on any atom is -0.456 e. The van der Waals surface area contributed by atoms with Gasteiger partial charge in [-0.3, -0.25) is 4.79 Å². The maximum atomic E-state index is 14.0. The van der Waals surface area contributed by atoms with E-state index in [2.05, 4.69) is 50.4 Å². The number of carbonyl (C=O) groups excluding carboxylic acids is 2. The van der Waals surface area contributed by atoms with Crippen LogP contribution in [0.3, 0.4) is 0 Å². The van der Waals surface area contributed by atoms with E-state index in [0.717, 1.165) is 45.0 Å². The molecule has 0 saturated carbocycles. The van der Waals surface area contributed by atoms with Crippen molar-refractivity contribution in [3.05, 3.63) is 137 Å². The van der Waals surface area contributed by atoms with E-state index in [9.17, 15) is 9.59 Å². The number of anilines is 1. The lowest BCUT2D eigenvalue weighted by Crippen LogP contribution is -2.24. The number of esters is 1. The van der Waals surface area contributed by atoms with Crippen LogP contribution in [0.4, 0.5) is 5.69 Å². The minimum absolute atomic E-state index is 0.113. The molecule has 6 heteroatoms. The summed E-state index contributed by atoms with van der Waals surface area (Å²) in [5.41, 5.74) is 10.5. The first-order valence-corrected chi connectivity index (χ1v) is 16.2. The summed E-state index contributed by atoms with van der Waals surface area (Å²) in [5.74, 6) is 0.494. The van der Waals surface area contributed by atoms with Gasteiger partial charge in [-0.2, -0.15) is 0 Å². The third-order valence-corrected chi connectivity index (χ3v) is 8.48. The van der Waals surface area contributed by atoms with Crippen molar-refractivity contribution >= 4 is 17.6 Å². The Hall–Kier alpha value is -5.36. The van der Waals surface area contributed by atoms with E-state index in [-0.39, 0.29) is 18.7 Å². The molecule has 1 aliphatic heterocycles. The number of rotatable bonds is 8. The quantitative estimate of drug-likeness (QED) is 0.171. The Kier molecular flexibility index (Phi) is 9.09. The summed E-state index contributed by atoms with van der Waals surface area (Å²) in [7, 11) is 0. The average molecular weight is 640 g/mol. The molecule has 48 heavy (non-hydrogen) atoms. The summed E-state index contributed by atoms with van der Waals surface area (Å²) < 4.78 is 16.6. The largest absolute Gasteiger partial charge is 0.456 e. The lowest BCUT2D eigenvalue weighted by molar-refractivity contribution is -0.117. The van der Waals surface area contributed by atoms with E-state index in [1.807, 2.05) is 87.5 Å². The molecule has 0 spiro atoms. The topological polar surface area (TPSA) is 73.9 Å². The number of carbonyl (C=O) groups is 2. The average Bonchev–Trinajstić information content (AvgIpc) is 3.52. The van der Waals surface area contributed by atoms with E-state index in [4.69, 9.17) is 14.2 Å². The summed E-state index contributed by atoms with van der Waals surface area (Å²) in [6.07, 6.45) is 0.448. The highest BCUT2D eigenvalue weighted by Crippen LogP contribution is 2.37. The van der Waals surface area contributed by atoms with Crippen molar-refractivity contribution in [1.82, 2.24) is 0 Å². The van der Waals surface area contributed by atoms with Gasteiger partial charge in [0.25, 0.3) is 0 Å². The Balaban J connectivity index is 1.25. The van der Waals surface area contributed by atoms with E-state index in [1.165, 1.54) is 22.3 Å². The SMILES string of the molecule is Cc1cc(C)c(-c2ccc(NC(=O)C(Cc3ccc(C(=O)OC(C)(C)C)cc3)c3ccc(-c4ccc5c(c4)OCO5)cc3)cc2)c(C)c1. The second-order valence-corrected chi connectivity index (χ2v) is 13.5. The molecule has 0 aliphatic carbocycles. The zero-order valence-corrected chi connectivity index (χ0v) is 28.3. The van der Waals surface area contributed by atoms with Gasteiger partial charge in [0.05, 0.1) is 11.5 Å². The standard InChI is InChI=1S/C42H41NO5/c1-26-21-27(2)39(28(3)22-26)32-15-18-35(19-16-32)43-40(44)36(23-29-7-9-33(10-8-29)41(45)48-42(4,5)6)31-13-11-30(12-14-31)34-17-20-37-38(24-34)47-25-46-37/h7-22,24,36H,23,25H2,1-6H3,(H,43,44). The van der Waals surface area contributed by atoms with E-state index in [1.54, 1.807) is 12.1 Å². The molecule has 6 nitrogen and oxygen atoms in total. The van der Waals surface area contributed by atoms with Crippen LogP contribution in [0.5, 0.6) is 11.5 Å². The van der Waals surface area contributed by atoms with Crippen LogP contribution in [0.25, 0.3) is 22.3 Å². The predicted octanol–water partition coefficient (Wildman–Crippen LogP) is 9.59. The first-order chi connectivity index (χ1) is 22.9. The van der Waals surface area contributed by atoms with Gasteiger partial charge in [0.15, 0.2) is 11.5 Å². The van der Waals surface area contributed by atoms with Crippen LogP contribution in [0.2, 0.25) is 0 Å². The molecule has 1 amide bonds. The van der Waals surface area contributed by atoms with E-state index < -0.39 is 11.5 Å². The molecular formula is C42H41NO5. The molecule has 1 unspecified atom stereocenters. The fourth-order valence-electron chi connectivity index (χ4n) is 6.28. The normalized spacial score (nSPS) is 12.8. The molecule has 244 valence electrons. The molecule has 1 atom stereocenters. The fraction of sp³-hybridized carbons (Fsp3) is 0.238. The number of amides is 1. The highest BCUT2D eigenvalue weighted by molar-refractivity contribution is 5.96. The Morgan fingerprint density at radius 1 is 0.729 bits per heavy atom. The van der Waals surface area contributed by atoms with Crippen LogP contribution >= 0.6 is 0 Å². The summed E-state index contributed by atoms with van der Waals surface area (Å²) in [5, 5.41) is 3.16. The third-order valence-electron chi connectivity index (χ3n) is 8.48. The van der Waals surface area contributed by atoms with Crippen LogP contribution in [0.15, 0.2) is 103 Å². The smallest absolute Gasteiger partial charge is 0.338 e. The van der Waals surface area contributed by atoms with Gasteiger partial charge in [0, 0.05) is 5.69 Å². The number of benzene rings is 5. The summed E-state index contributed by atoms with van der Waals surface area (Å²) in [6, 6.07) is 33.7. The second kappa shape index (κ2) is 13.4. The molecule has 1 aliphatic rings. The van der Waals surface area contributed by atoms with Crippen molar-refractivity contribution in [2.24, 2.45) is 0 Å². The first-order valence-electron chi connectivity index (χ1n) is 16.2. The first kappa shape index (κ1) is 32.6. The molecule has 6 rings (SSSR count). The monoisotopic (exact) mass is 639 g/mol. The van der Waals surface area contributed by atoms with Crippen LogP contribution in [-0.2, 0) is 16.0 Å². The molecule has 5 aromatic carbocycles. The van der Waals surface area contributed by atoms with E-state index in [0.29, 0.717) is 12.0 Å². The Bertz CT molecular complexity index is 1930. The number of hydrogen-bond acceptors (Lipinski definition) is 5. The van der Waals surface area contributed by atoms with Gasteiger partial charge in [-0.1, -0.05) is 72.3 Å². The van der Waals surface area contributed by atoms with Gasteiger partial charge in [-0.05, 0) is 129 Å². The summed E-state index contributed by atoms with van der Waals surface area (Å²) in [6.45, 7) is 12.1. The van der Waals surface area contributed by atoms with Gasteiger partial charge in [0.1, 0.15) is 5.60 Å². The van der Waals surface area contributed by atoms with Crippen molar-refractivity contribution in [3.63, 3.8) is 0 Å². The lowest BCUT2D eigenvalue weighted by Gasteiger charge is -2.20. The number of aryl methyl sites for hydroxylation is 3. The molecule has 0 aromatic heterocycles. The number of fused-ring (bicyclic) bond motifs is 1. The maximum absolute atomic E-state index is 14.0. The van der Waals surface area contributed by atoms with Crippen molar-refractivity contribution in [1.29, 1.82) is 0 Å². The Labute approximate surface area is 282 Å². The molecule has 0 bridgehead atoms. The Morgan fingerprint density at radius 2 is 1.33 bits per heavy atom. The van der Waals surface area contributed by atoms with Crippen LogP contribution < -0.4 is 14.8 Å². The van der Waals surface area contributed by atoms with E-state index >= 15 is 0 Å². The van der Waals surface area contributed by atoms with Crippen molar-refractivity contribution in [3.8, 4) is 33.8 Å². The highest BCUT2D eigenvalue weighted by Gasteiger charge is 2.23. The summed E-state index contributed by atoms with van der Waals surface area (Å²) in [4.78, 5) is 26.6. The van der Waals surface area contributed by atoms with Gasteiger partial charge >= 0.3 is 5.97 Å². The molecule has 1 heterocycles. The number of ether oxygens (including phenoxy) is 3. The van der Waals surface area contributed by atoms with Gasteiger partial charge in [-0.15, -0.1) is 0 Å². The van der Waals surface area contributed by atoms with Crippen LogP contribution in [0, 0.1) is 20.8 Å². The zero-order valence-electron chi connectivity index (χ0n) is 28.3. The Morgan fingerprint density at radius 3 is 1.98 bits per heavy atom. The second-order valence-electron chi connectivity index (χ2n) is 13.5. The molecular weight excluding hydrogens is 598 g/mol. The third kappa shape index (κ3) is 7.44. The van der Waals surface area contributed by atoms with Gasteiger partial charge < -0.3 is 19.5 Å². The van der Waals surface area contributed by atoms with Crippen molar-refractivity contribution in [2.75, 3.05) is 12.1 Å². The minimum atomic E-state index is -0.582. The van der Waals surface area contributed by atoms with Crippen LogP contribution in [-0.4, -0.2) is 24.3 Å². The van der Waals surface area contributed by atoms with Crippen molar-refractivity contribution in [2.45, 2.75) is 59.5 Å². The molecule has 0 saturated heterocycles. The fourth-order valence-corrected chi connectivity index (χ4v) is 6.28. The predicted molar refractivity (Wildman–Crippen MR) is 191 cm³/mol. The lowest BCUT2D eigenvalue weighted by atomic mass is 9.89. The molecule has 0 radical (unpaired) electrons. The van der Waals surface area contributed by atoms with Gasteiger partial charge in [-0.25, -0.2) is 4.79 Å².